The number of amides is 1. The highest BCUT2D eigenvalue weighted by molar-refractivity contribution is 6.39. The van der Waals surface area contributed by atoms with Crippen molar-refractivity contribution >= 4 is 23.4 Å². The molecule has 1 amide bonds. The van der Waals surface area contributed by atoms with Crippen LogP contribution in [-0.2, 0) is 42.9 Å². The Morgan fingerprint density at radius 1 is 0.930 bits per heavy atom. The minimum absolute atomic E-state index is 0.00988. The lowest BCUT2D eigenvalue weighted by Crippen LogP contribution is -2.64. The van der Waals surface area contributed by atoms with Crippen LogP contribution in [0.4, 0.5) is 0 Å². The van der Waals surface area contributed by atoms with Crippen molar-refractivity contribution in [3.63, 3.8) is 0 Å². The van der Waals surface area contributed by atoms with Gasteiger partial charge in [0.25, 0.3) is 11.7 Å². The number of cyclic esters (lactones) is 1. The minimum atomic E-state index is -2.51. The highest BCUT2D eigenvalue weighted by atomic mass is 16.7. The number of esters is 1. The minimum Gasteiger partial charge on any atom is -0.456 e. The monoisotopic (exact) mass is 803 g/mol. The van der Waals surface area contributed by atoms with Crippen LogP contribution in [0.5, 0.6) is 0 Å². The van der Waals surface area contributed by atoms with Gasteiger partial charge in [0.2, 0.25) is 5.79 Å². The Kier molecular flexibility index (Phi) is 17.2. The molecule has 1 aliphatic carbocycles. The Hall–Kier alpha value is -2.78. The molecule has 0 spiro atoms. The van der Waals surface area contributed by atoms with Crippen molar-refractivity contribution in [2.24, 2.45) is 29.6 Å². The van der Waals surface area contributed by atoms with Crippen molar-refractivity contribution in [2.45, 2.75) is 160 Å². The fourth-order valence-electron chi connectivity index (χ4n) is 9.42. The van der Waals surface area contributed by atoms with E-state index < -0.39 is 83.9 Å². The second-order valence-electron chi connectivity index (χ2n) is 17.3. The van der Waals surface area contributed by atoms with E-state index in [1.54, 1.807) is 27.0 Å². The molecule has 13 heteroatoms. The maximum absolute atomic E-state index is 14.3. The molecule has 3 aliphatic heterocycles. The van der Waals surface area contributed by atoms with Crippen LogP contribution in [0.25, 0.3) is 0 Å². The second kappa shape index (κ2) is 21.0. The van der Waals surface area contributed by atoms with Gasteiger partial charge in [-0.25, -0.2) is 4.79 Å². The predicted octanol–water partition coefficient (Wildman–Crippen LogP) is 4.64. The van der Waals surface area contributed by atoms with E-state index in [2.05, 4.69) is 6.58 Å². The molecule has 57 heavy (non-hydrogen) atoms. The van der Waals surface area contributed by atoms with E-state index in [1.165, 1.54) is 19.1 Å². The summed E-state index contributed by atoms with van der Waals surface area (Å²) in [6.07, 6.45) is 4.93. The highest BCUT2D eigenvalue weighted by Crippen LogP contribution is 2.39. The van der Waals surface area contributed by atoms with E-state index >= 15 is 0 Å². The number of fused-ring (bicyclic) bond motifs is 3. The Balaban J connectivity index is 1.78. The number of hydrogen-bond donors (Lipinski definition) is 3. The molecule has 3 heterocycles. The molecule has 13 nitrogen and oxygen atoms in total. The zero-order chi connectivity index (χ0) is 42.2. The first-order valence-corrected chi connectivity index (χ1v) is 20.9. The van der Waals surface area contributed by atoms with Crippen molar-refractivity contribution in [3.05, 3.63) is 36.0 Å². The number of hydrogen-bond acceptors (Lipinski definition) is 12. The number of allylic oxidation sites excluding steroid dienone is 4. The Bertz CT molecular complexity index is 1480. The van der Waals surface area contributed by atoms with Crippen LogP contribution in [0, 0.1) is 29.6 Å². The molecule has 0 aromatic carbocycles. The zero-order valence-electron chi connectivity index (χ0n) is 35.4. The van der Waals surface area contributed by atoms with Crippen LogP contribution in [0.1, 0.15) is 105 Å². The average Bonchev–Trinajstić information content (AvgIpc) is 3.18. The van der Waals surface area contributed by atoms with Gasteiger partial charge in [-0.2, -0.15) is 0 Å². The van der Waals surface area contributed by atoms with Crippen LogP contribution in [-0.4, -0.2) is 126 Å². The first-order chi connectivity index (χ1) is 27.0. The standard InChI is InChI=1S/C44H69NO12/c1-10-13-31-19-25(2)18-26(3)20-37(54-8)40-38(55-9)22-28(5)44(52,57-40)41(49)42(50)45-17-12-11-14-32(45)43(51)56-39(29(6)34(47)24-35(31)48)27(4)21-30-15-16-33(46)36(23-30)53-7/h10,19,21,26,28-34,36-40,46-47,52H,1,11-18,20,22-24H2,2-9H3/b25-19+,27-21+/t26-,28?,29+,30?,31+,32?,33?,34?,36?,37-,38?,39+,40+,44?/m0/s1. The van der Waals surface area contributed by atoms with Gasteiger partial charge in [0, 0.05) is 52.0 Å². The normalized spacial score (nSPS) is 41.0. The van der Waals surface area contributed by atoms with E-state index in [0.717, 1.165) is 5.57 Å². The van der Waals surface area contributed by atoms with Gasteiger partial charge < -0.3 is 43.9 Å². The molecule has 2 saturated heterocycles. The van der Waals surface area contributed by atoms with Crippen LogP contribution >= 0.6 is 0 Å². The summed E-state index contributed by atoms with van der Waals surface area (Å²) in [6, 6.07) is -1.14. The molecule has 14 atom stereocenters. The zero-order valence-corrected chi connectivity index (χ0v) is 35.4. The summed E-state index contributed by atoms with van der Waals surface area (Å²) >= 11 is 0. The summed E-state index contributed by atoms with van der Waals surface area (Å²) in [7, 11) is 4.61. The van der Waals surface area contributed by atoms with E-state index in [4.69, 9.17) is 23.7 Å². The third-order valence-corrected chi connectivity index (χ3v) is 12.9. The number of ketones is 2. The van der Waals surface area contributed by atoms with Crippen LogP contribution < -0.4 is 0 Å². The van der Waals surface area contributed by atoms with E-state index in [1.807, 2.05) is 32.9 Å². The number of methoxy groups -OCH3 is 3. The van der Waals surface area contributed by atoms with Gasteiger partial charge in [-0.3, -0.25) is 14.4 Å². The highest BCUT2D eigenvalue weighted by Gasteiger charge is 2.56. The molecule has 1 saturated carbocycles. The third-order valence-electron chi connectivity index (χ3n) is 12.9. The average molecular weight is 804 g/mol. The molecule has 3 N–H and O–H groups in total. The van der Waals surface area contributed by atoms with Gasteiger partial charge in [0.05, 0.1) is 30.5 Å². The Morgan fingerprint density at radius 2 is 1.60 bits per heavy atom. The third kappa shape index (κ3) is 11.3. The molecule has 322 valence electrons. The van der Waals surface area contributed by atoms with Crippen LogP contribution in [0.15, 0.2) is 36.0 Å². The summed E-state index contributed by atoms with van der Waals surface area (Å²) in [5.41, 5.74) is 1.61. The number of aliphatic hydroxyl groups excluding tert-OH is 2. The first-order valence-electron chi connectivity index (χ1n) is 20.9. The number of carbonyl (C=O) groups excluding carboxylic acids is 4. The van der Waals surface area contributed by atoms with Crippen molar-refractivity contribution in [1.82, 2.24) is 4.90 Å². The molecule has 2 bridgehead atoms. The molecular formula is C44H69NO12. The second-order valence-corrected chi connectivity index (χ2v) is 17.3. The number of ether oxygens (including phenoxy) is 5. The summed E-state index contributed by atoms with van der Waals surface area (Å²) in [4.78, 5) is 57.8. The van der Waals surface area contributed by atoms with E-state index in [-0.39, 0.29) is 49.5 Å². The maximum Gasteiger partial charge on any atom is 0.329 e. The SMILES string of the molecule is C=CC[C@@H]1/C=C(\C)C[C@H](C)C[C@H](OC)[C@H]2OC(O)(C(=O)C(=O)N3CCCCC3C(=O)O[C@H](/C(C)=C/C3CCC(O)C(OC)C3)[C@H](C)C(O)CC1=O)C(C)CC2OC. The largest absolute Gasteiger partial charge is 0.456 e. The summed E-state index contributed by atoms with van der Waals surface area (Å²) in [5.74, 6) is -7.76. The molecule has 0 aromatic rings. The number of Topliss-reactive ketones (excluding diaryl/α,β-unsaturated/α-hetero) is 2. The van der Waals surface area contributed by atoms with Gasteiger partial charge in [-0.05, 0) is 95.5 Å². The van der Waals surface area contributed by atoms with Gasteiger partial charge in [0.15, 0.2) is 0 Å². The Morgan fingerprint density at radius 3 is 2.25 bits per heavy atom. The summed E-state index contributed by atoms with van der Waals surface area (Å²) in [5, 5.41) is 34.1. The van der Waals surface area contributed by atoms with Gasteiger partial charge in [0.1, 0.15) is 24.0 Å². The lowest BCUT2D eigenvalue weighted by Gasteiger charge is -2.47. The van der Waals surface area contributed by atoms with Crippen LogP contribution in [0.2, 0.25) is 0 Å². The number of aliphatic hydroxyl groups is 3. The molecule has 4 aliphatic rings. The summed E-state index contributed by atoms with van der Waals surface area (Å²) in [6.45, 7) is 13.1. The van der Waals surface area contributed by atoms with Crippen LogP contribution in [0.3, 0.4) is 0 Å². The smallest absolute Gasteiger partial charge is 0.329 e. The lowest BCUT2D eigenvalue weighted by atomic mass is 9.81. The number of carbonyl (C=O) groups is 4. The maximum atomic E-state index is 14.3. The van der Waals surface area contributed by atoms with Crippen molar-refractivity contribution < 1.29 is 58.2 Å². The first kappa shape index (κ1) is 46.9. The van der Waals surface area contributed by atoms with Gasteiger partial charge >= 0.3 is 5.97 Å². The molecule has 0 aromatic heterocycles. The van der Waals surface area contributed by atoms with Crippen molar-refractivity contribution in [3.8, 4) is 0 Å². The topological polar surface area (TPSA) is 178 Å². The lowest BCUT2D eigenvalue weighted by molar-refractivity contribution is -0.302. The number of nitrogens with zero attached hydrogens (tertiary/aromatic N) is 1. The van der Waals surface area contributed by atoms with Crippen molar-refractivity contribution in [2.75, 3.05) is 27.9 Å². The van der Waals surface area contributed by atoms with E-state index in [0.29, 0.717) is 56.9 Å². The van der Waals surface area contributed by atoms with Gasteiger partial charge in [-0.1, -0.05) is 44.6 Å². The molecule has 0 radical (unpaired) electrons. The summed E-state index contributed by atoms with van der Waals surface area (Å²) < 4.78 is 29.7. The fourth-order valence-corrected chi connectivity index (χ4v) is 9.42. The van der Waals surface area contributed by atoms with Gasteiger partial charge in [-0.15, -0.1) is 6.58 Å². The number of rotatable bonds is 7. The predicted molar refractivity (Wildman–Crippen MR) is 213 cm³/mol. The van der Waals surface area contributed by atoms with Crippen molar-refractivity contribution in [1.29, 1.82) is 0 Å². The fraction of sp³-hybridized carbons (Fsp3) is 0.773. The van der Waals surface area contributed by atoms with E-state index in [9.17, 15) is 34.5 Å². The molecule has 4 rings (SSSR count). The Labute approximate surface area is 339 Å². The molecule has 3 fully saturated rings. The molecular weight excluding hydrogens is 734 g/mol. The quantitative estimate of drug-likeness (QED) is 0.185. The number of piperidine rings is 1. The molecule has 8 unspecified atom stereocenters.